The summed E-state index contributed by atoms with van der Waals surface area (Å²) in [4.78, 5) is 26.2. The van der Waals surface area contributed by atoms with Crippen LogP contribution in [0.4, 0.5) is 11.4 Å². The highest BCUT2D eigenvalue weighted by Crippen LogP contribution is 2.22. The summed E-state index contributed by atoms with van der Waals surface area (Å²) in [7, 11) is 1.70. The van der Waals surface area contributed by atoms with Crippen molar-refractivity contribution < 1.29 is 21.2 Å². The van der Waals surface area contributed by atoms with Gasteiger partial charge in [0.05, 0.1) is 6.54 Å². The molecular formula is C22H38N4O4. The molecule has 1 atom stereocenters. The first-order chi connectivity index (χ1) is 13.9. The number of benzene rings is 1. The lowest BCUT2D eigenvalue weighted by Crippen LogP contribution is -2.23. The lowest BCUT2D eigenvalue weighted by Gasteiger charge is -2.17. The van der Waals surface area contributed by atoms with Crippen molar-refractivity contribution in [2.75, 3.05) is 23.8 Å². The quantitative estimate of drug-likeness (QED) is 0.220. The van der Waals surface area contributed by atoms with E-state index in [1.165, 1.54) is 17.9 Å². The maximum atomic E-state index is 11.3. The number of allylic oxidation sites excluding steroid dienone is 1. The zero-order valence-corrected chi connectivity index (χ0v) is 18.8. The van der Waals surface area contributed by atoms with Crippen LogP contribution in [0.5, 0.6) is 0 Å². The summed E-state index contributed by atoms with van der Waals surface area (Å²) in [5.41, 5.74) is 6.84. The number of carbonyl (C=O) groups is 2. The summed E-state index contributed by atoms with van der Waals surface area (Å²) in [5, 5.41) is 22.8. The SMILES string of the molecule is CC(=O)N(C)c1ccc(NCC(O)/N=C(N)\C=C(/O)C(C)(C)C)cc1.CCCC=O.[HH]. The Morgan fingerprint density at radius 1 is 1.33 bits per heavy atom. The molecule has 0 radical (unpaired) electrons. The fourth-order valence-electron chi connectivity index (χ4n) is 1.92. The topological polar surface area (TPSA) is 128 Å². The Labute approximate surface area is 181 Å². The van der Waals surface area contributed by atoms with Crippen LogP contribution in [0.1, 0.15) is 48.9 Å². The first kappa shape index (κ1) is 27.1. The minimum absolute atomic E-state index is 0. The molecule has 0 heterocycles. The van der Waals surface area contributed by atoms with Gasteiger partial charge >= 0.3 is 0 Å². The summed E-state index contributed by atoms with van der Waals surface area (Å²) >= 11 is 0. The van der Waals surface area contributed by atoms with E-state index in [0.29, 0.717) is 6.42 Å². The Bertz CT molecular complexity index is 728. The fourth-order valence-corrected chi connectivity index (χ4v) is 1.92. The fraction of sp³-hybridized carbons (Fsp3) is 0.500. The molecule has 8 nitrogen and oxygen atoms in total. The van der Waals surface area contributed by atoms with E-state index in [1.807, 2.05) is 27.7 Å². The van der Waals surface area contributed by atoms with Gasteiger partial charge in [-0.2, -0.15) is 0 Å². The first-order valence-electron chi connectivity index (χ1n) is 9.86. The molecule has 1 aromatic carbocycles. The van der Waals surface area contributed by atoms with Crippen molar-refractivity contribution in [3.05, 3.63) is 36.1 Å². The highest BCUT2D eigenvalue weighted by molar-refractivity contribution is 5.92. The monoisotopic (exact) mass is 422 g/mol. The standard InChI is InChI=1S/C18H28N4O3.C4H8O.H2/c1-12(23)22(5)14-8-6-13(7-9-14)20-11-17(25)21-16(19)10-15(24)18(2,3)4;1-2-3-4-5;/h6-10,17,20,24-25H,11H2,1-5H3,(H2,19,21);4H,2-3H2,1H3;1H/b15-10-;;. The number of aliphatic hydroxyl groups is 2. The van der Waals surface area contributed by atoms with Gasteiger partial charge in [-0.05, 0) is 30.7 Å². The third-order valence-corrected chi connectivity index (χ3v) is 3.97. The van der Waals surface area contributed by atoms with Crippen LogP contribution in [0.15, 0.2) is 41.1 Å². The summed E-state index contributed by atoms with van der Waals surface area (Å²) in [6, 6.07) is 7.22. The number of carbonyl (C=O) groups excluding carboxylic acids is 2. The van der Waals surface area contributed by atoms with E-state index in [0.717, 1.165) is 24.1 Å². The van der Waals surface area contributed by atoms with Crippen LogP contribution in [-0.2, 0) is 9.59 Å². The Morgan fingerprint density at radius 2 is 1.90 bits per heavy atom. The predicted octanol–water partition coefficient (Wildman–Crippen LogP) is 3.48. The number of rotatable bonds is 8. The van der Waals surface area contributed by atoms with Crippen molar-refractivity contribution in [1.82, 2.24) is 0 Å². The summed E-state index contributed by atoms with van der Waals surface area (Å²) in [5.74, 6) is 0.103. The smallest absolute Gasteiger partial charge is 0.223 e. The van der Waals surface area contributed by atoms with E-state index in [-0.39, 0.29) is 25.5 Å². The second kappa shape index (κ2) is 13.4. The van der Waals surface area contributed by atoms with E-state index >= 15 is 0 Å². The van der Waals surface area contributed by atoms with Crippen molar-refractivity contribution in [1.29, 1.82) is 0 Å². The average molecular weight is 423 g/mol. The minimum atomic E-state index is -1.05. The number of aldehydes is 1. The Morgan fingerprint density at radius 3 is 2.30 bits per heavy atom. The molecule has 0 saturated carbocycles. The number of aliphatic imine (C=N–C) groups is 1. The molecule has 1 amide bonds. The van der Waals surface area contributed by atoms with E-state index in [4.69, 9.17) is 5.73 Å². The molecule has 0 aliphatic rings. The molecule has 1 aromatic rings. The van der Waals surface area contributed by atoms with Gasteiger partial charge in [0.15, 0.2) is 6.23 Å². The summed E-state index contributed by atoms with van der Waals surface area (Å²) in [6.45, 7) is 9.17. The number of hydrogen-bond donors (Lipinski definition) is 4. The highest BCUT2D eigenvalue weighted by atomic mass is 16.3. The largest absolute Gasteiger partial charge is 0.512 e. The van der Waals surface area contributed by atoms with Gasteiger partial charge in [-0.3, -0.25) is 4.79 Å². The molecule has 0 bridgehead atoms. The maximum Gasteiger partial charge on any atom is 0.223 e. The number of unbranched alkanes of at least 4 members (excludes halogenated alkanes) is 1. The molecule has 0 aliphatic carbocycles. The van der Waals surface area contributed by atoms with Crippen LogP contribution in [-0.4, -0.2) is 48.1 Å². The van der Waals surface area contributed by atoms with Gasteiger partial charge in [-0.15, -0.1) is 0 Å². The van der Waals surface area contributed by atoms with Crippen LogP contribution >= 0.6 is 0 Å². The molecule has 1 unspecified atom stereocenters. The number of anilines is 2. The number of amidine groups is 1. The van der Waals surface area contributed by atoms with E-state index in [1.54, 1.807) is 31.3 Å². The van der Waals surface area contributed by atoms with Crippen LogP contribution in [0.25, 0.3) is 0 Å². The molecule has 30 heavy (non-hydrogen) atoms. The zero-order chi connectivity index (χ0) is 23.3. The number of aliphatic hydroxyl groups excluding tert-OH is 2. The molecule has 1 rings (SSSR count). The number of nitrogens with zero attached hydrogens (tertiary/aromatic N) is 2. The van der Waals surface area contributed by atoms with Crippen molar-refractivity contribution in [3.63, 3.8) is 0 Å². The predicted molar refractivity (Wildman–Crippen MR) is 125 cm³/mol. The van der Waals surface area contributed by atoms with Gasteiger partial charge < -0.3 is 31.0 Å². The lowest BCUT2D eigenvalue weighted by atomic mass is 9.93. The van der Waals surface area contributed by atoms with Crippen molar-refractivity contribution in [3.8, 4) is 0 Å². The van der Waals surface area contributed by atoms with Gasteiger partial charge in [0, 0.05) is 44.7 Å². The normalized spacial score (nSPS) is 13.0. The van der Waals surface area contributed by atoms with Crippen LogP contribution < -0.4 is 16.0 Å². The third kappa shape index (κ3) is 11.2. The van der Waals surface area contributed by atoms with Crippen molar-refractivity contribution >= 4 is 29.4 Å². The Kier molecular flexibility index (Phi) is 12.1. The molecule has 0 spiro atoms. The minimum Gasteiger partial charge on any atom is -0.512 e. The summed E-state index contributed by atoms with van der Waals surface area (Å²) in [6.07, 6.45) is 2.91. The molecule has 0 aliphatic heterocycles. The number of nitrogens with two attached hydrogens (primary N) is 1. The van der Waals surface area contributed by atoms with E-state index in [9.17, 15) is 19.8 Å². The summed E-state index contributed by atoms with van der Waals surface area (Å²) < 4.78 is 0. The molecule has 5 N–H and O–H groups in total. The lowest BCUT2D eigenvalue weighted by molar-refractivity contribution is -0.116. The molecule has 0 aromatic heterocycles. The van der Waals surface area contributed by atoms with Crippen LogP contribution in [0.2, 0.25) is 0 Å². The first-order valence-corrected chi connectivity index (χ1v) is 9.86. The van der Waals surface area contributed by atoms with Crippen LogP contribution in [0.3, 0.4) is 0 Å². The van der Waals surface area contributed by atoms with Crippen molar-refractivity contribution in [2.45, 2.75) is 53.7 Å². The van der Waals surface area contributed by atoms with Gasteiger partial charge in [-0.25, -0.2) is 4.99 Å². The second-order valence-electron chi connectivity index (χ2n) is 7.78. The van der Waals surface area contributed by atoms with Gasteiger partial charge in [0.2, 0.25) is 5.91 Å². The van der Waals surface area contributed by atoms with E-state index in [2.05, 4.69) is 10.3 Å². The average Bonchev–Trinajstić information content (AvgIpc) is 2.66. The number of hydrogen-bond acceptors (Lipinski definition) is 6. The molecule has 0 fully saturated rings. The molecule has 0 saturated heterocycles. The highest BCUT2D eigenvalue weighted by Gasteiger charge is 2.16. The van der Waals surface area contributed by atoms with Crippen LogP contribution in [0, 0.1) is 5.41 Å². The van der Waals surface area contributed by atoms with Gasteiger partial charge in [0.1, 0.15) is 17.9 Å². The zero-order valence-electron chi connectivity index (χ0n) is 18.8. The maximum absolute atomic E-state index is 11.3. The molecule has 8 heteroatoms. The van der Waals surface area contributed by atoms with E-state index < -0.39 is 11.6 Å². The second-order valence-corrected chi connectivity index (χ2v) is 7.78. The molecular weight excluding hydrogens is 384 g/mol. The molecule has 170 valence electrons. The van der Waals surface area contributed by atoms with Crippen molar-refractivity contribution in [2.24, 2.45) is 16.1 Å². The van der Waals surface area contributed by atoms with Gasteiger partial charge in [-0.1, -0.05) is 27.7 Å². The number of nitrogens with one attached hydrogen (secondary N) is 1. The van der Waals surface area contributed by atoms with Gasteiger partial charge in [0.25, 0.3) is 0 Å². The Balaban J connectivity index is 0. The third-order valence-electron chi connectivity index (χ3n) is 3.97. The number of amides is 1. The Hall–Kier alpha value is -2.87.